The van der Waals surface area contributed by atoms with E-state index in [0.29, 0.717) is 6.54 Å². The first kappa shape index (κ1) is 13.1. The Morgan fingerprint density at radius 1 is 1.56 bits per heavy atom. The molecule has 0 saturated heterocycles. The maximum Gasteiger partial charge on any atom is 0.236 e. The van der Waals surface area contributed by atoms with Crippen molar-refractivity contribution in [2.75, 3.05) is 13.6 Å². The number of likely N-dealkylation sites (N-methyl/N-ethyl adjacent to an activating group) is 1. The first-order valence-corrected chi connectivity index (χ1v) is 6.28. The zero-order valence-corrected chi connectivity index (χ0v) is 11.0. The number of rotatable bonds is 5. The Morgan fingerprint density at radius 3 is 2.75 bits per heavy atom. The average molecular weight is 241 g/mol. The van der Waals surface area contributed by atoms with Crippen LogP contribution in [0, 0.1) is 0 Å². The van der Waals surface area contributed by atoms with Gasteiger partial charge in [-0.25, -0.2) is 4.98 Å². The van der Waals surface area contributed by atoms with E-state index in [1.165, 1.54) is 0 Å². The second kappa shape index (κ2) is 5.96. The number of hydrogen-bond donors (Lipinski definition) is 1. The number of nitrogens with one attached hydrogen (secondary N) is 1. The van der Waals surface area contributed by atoms with E-state index in [1.807, 2.05) is 33.2 Å². The lowest BCUT2D eigenvalue weighted by atomic mass is 10.3. The molecule has 0 aliphatic heterocycles. The van der Waals surface area contributed by atoms with Crippen LogP contribution in [0.5, 0.6) is 0 Å². The molecule has 1 N–H and O–H groups in total. The molecule has 16 heavy (non-hydrogen) atoms. The van der Waals surface area contributed by atoms with E-state index >= 15 is 0 Å². The molecule has 0 spiro atoms. The Bertz CT molecular complexity index is 324. The summed E-state index contributed by atoms with van der Waals surface area (Å²) in [7, 11) is 1.82. The highest BCUT2D eigenvalue weighted by atomic mass is 32.1. The van der Waals surface area contributed by atoms with E-state index in [4.69, 9.17) is 0 Å². The number of hydrogen-bond acceptors (Lipinski definition) is 4. The molecule has 1 unspecified atom stereocenters. The summed E-state index contributed by atoms with van der Waals surface area (Å²) in [5.74, 6) is 0.110. The first-order chi connectivity index (χ1) is 7.52. The minimum atomic E-state index is 0.110. The third-order valence-electron chi connectivity index (χ3n) is 2.55. The van der Waals surface area contributed by atoms with Crippen molar-refractivity contribution in [3.63, 3.8) is 0 Å². The average Bonchev–Trinajstić information content (AvgIpc) is 2.77. The molecule has 1 aromatic rings. The number of nitrogens with zero attached hydrogens (tertiary/aromatic N) is 2. The van der Waals surface area contributed by atoms with Crippen LogP contribution in [0.25, 0.3) is 0 Å². The van der Waals surface area contributed by atoms with Gasteiger partial charge in [0.25, 0.3) is 0 Å². The molecule has 0 fully saturated rings. The quantitative estimate of drug-likeness (QED) is 0.852. The van der Waals surface area contributed by atoms with E-state index in [9.17, 15) is 4.79 Å². The van der Waals surface area contributed by atoms with E-state index in [1.54, 1.807) is 22.4 Å². The van der Waals surface area contributed by atoms with Crippen LogP contribution in [0.4, 0.5) is 0 Å². The van der Waals surface area contributed by atoms with Crippen LogP contribution in [0.1, 0.15) is 31.8 Å². The minimum absolute atomic E-state index is 0.110. The summed E-state index contributed by atoms with van der Waals surface area (Å²) >= 11 is 1.60. The van der Waals surface area contributed by atoms with E-state index < -0.39 is 0 Å². The molecule has 1 rings (SSSR count). The minimum Gasteiger partial charge on any atom is -0.342 e. The van der Waals surface area contributed by atoms with Crippen molar-refractivity contribution in [2.24, 2.45) is 0 Å². The van der Waals surface area contributed by atoms with Crippen LogP contribution in [0.3, 0.4) is 0 Å². The number of carbonyl (C=O) groups excluding carboxylic acids is 1. The normalized spacial score (nSPS) is 12.8. The van der Waals surface area contributed by atoms with Gasteiger partial charge in [0.1, 0.15) is 5.01 Å². The highest BCUT2D eigenvalue weighted by molar-refractivity contribution is 7.09. The SMILES string of the molecule is CC(NCC(=O)N(C)C(C)C)c1nccs1. The predicted octanol–water partition coefficient (Wildman–Crippen LogP) is 1.66. The van der Waals surface area contributed by atoms with Crippen molar-refractivity contribution in [1.82, 2.24) is 15.2 Å². The standard InChI is InChI=1S/C11H19N3OS/c1-8(2)14(4)10(15)7-13-9(3)11-12-5-6-16-11/h5-6,8-9,13H,7H2,1-4H3. The number of amides is 1. The molecule has 1 amide bonds. The molecule has 4 nitrogen and oxygen atoms in total. The highest BCUT2D eigenvalue weighted by Gasteiger charge is 2.14. The Labute approximate surface area is 101 Å². The fraction of sp³-hybridized carbons (Fsp3) is 0.636. The molecule has 0 radical (unpaired) electrons. The van der Waals surface area contributed by atoms with E-state index in [0.717, 1.165) is 5.01 Å². The van der Waals surface area contributed by atoms with E-state index in [-0.39, 0.29) is 18.0 Å². The summed E-state index contributed by atoms with van der Waals surface area (Å²) in [5, 5.41) is 6.13. The second-order valence-electron chi connectivity index (χ2n) is 4.07. The molecule has 1 atom stereocenters. The lowest BCUT2D eigenvalue weighted by Crippen LogP contribution is -2.40. The van der Waals surface area contributed by atoms with Crippen LogP contribution in [0.15, 0.2) is 11.6 Å². The Balaban J connectivity index is 2.37. The van der Waals surface area contributed by atoms with Crippen LogP contribution in [-0.2, 0) is 4.79 Å². The fourth-order valence-corrected chi connectivity index (χ4v) is 1.86. The molecular formula is C11H19N3OS. The number of thiazole rings is 1. The molecule has 1 aromatic heterocycles. The number of aromatic nitrogens is 1. The maximum absolute atomic E-state index is 11.7. The van der Waals surface area contributed by atoms with Gasteiger partial charge in [-0.15, -0.1) is 11.3 Å². The third kappa shape index (κ3) is 3.57. The number of carbonyl (C=O) groups is 1. The van der Waals surface area contributed by atoms with Crippen molar-refractivity contribution < 1.29 is 4.79 Å². The van der Waals surface area contributed by atoms with Gasteiger partial charge in [-0.2, -0.15) is 0 Å². The van der Waals surface area contributed by atoms with Crippen LogP contribution in [-0.4, -0.2) is 35.4 Å². The van der Waals surface area contributed by atoms with Crippen LogP contribution < -0.4 is 5.32 Å². The molecule has 0 bridgehead atoms. The lowest BCUT2D eigenvalue weighted by molar-refractivity contribution is -0.130. The van der Waals surface area contributed by atoms with Crippen molar-refractivity contribution >= 4 is 17.2 Å². The van der Waals surface area contributed by atoms with Gasteiger partial charge in [0.15, 0.2) is 0 Å². The van der Waals surface area contributed by atoms with E-state index in [2.05, 4.69) is 10.3 Å². The Hall–Kier alpha value is -0.940. The summed E-state index contributed by atoms with van der Waals surface area (Å²) in [6.45, 7) is 6.38. The zero-order valence-electron chi connectivity index (χ0n) is 10.2. The Morgan fingerprint density at radius 2 is 2.25 bits per heavy atom. The van der Waals surface area contributed by atoms with Crippen molar-refractivity contribution in [3.05, 3.63) is 16.6 Å². The van der Waals surface area contributed by atoms with Gasteiger partial charge < -0.3 is 4.90 Å². The van der Waals surface area contributed by atoms with Crippen LogP contribution >= 0.6 is 11.3 Å². The fourth-order valence-electron chi connectivity index (χ4n) is 1.19. The van der Waals surface area contributed by atoms with Gasteiger partial charge in [-0.3, -0.25) is 10.1 Å². The molecule has 1 heterocycles. The summed E-state index contributed by atoms with van der Waals surface area (Å²) in [6.07, 6.45) is 1.78. The van der Waals surface area contributed by atoms with Gasteiger partial charge in [0.2, 0.25) is 5.91 Å². The topological polar surface area (TPSA) is 45.2 Å². The molecular weight excluding hydrogens is 222 g/mol. The van der Waals surface area contributed by atoms with Crippen molar-refractivity contribution in [3.8, 4) is 0 Å². The molecule has 0 aromatic carbocycles. The summed E-state index contributed by atoms with van der Waals surface area (Å²) in [5.41, 5.74) is 0. The molecule has 0 aliphatic carbocycles. The predicted molar refractivity (Wildman–Crippen MR) is 66.4 cm³/mol. The lowest BCUT2D eigenvalue weighted by Gasteiger charge is -2.22. The molecule has 0 saturated carbocycles. The summed E-state index contributed by atoms with van der Waals surface area (Å²) in [4.78, 5) is 17.6. The second-order valence-corrected chi connectivity index (χ2v) is 5.00. The summed E-state index contributed by atoms with van der Waals surface area (Å²) < 4.78 is 0. The first-order valence-electron chi connectivity index (χ1n) is 5.40. The molecule has 5 heteroatoms. The molecule has 90 valence electrons. The van der Waals surface area contributed by atoms with Gasteiger partial charge in [-0.1, -0.05) is 0 Å². The highest BCUT2D eigenvalue weighted by Crippen LogP contribution is 2.14. The van der Waals surface area contributed by atoms with Gasteiger partial charge in [-0.05, 0) is 20.8 Å². The van der Waals surface area contributed by atoms with Crippen LogP contribution in [0.2, 0.25) is 0 Å². The van der Waals surface area contributed by atoms with Crippen molar-refractivity contribution in [2.45, 2.75) is 32.9 Å². The van der Waals surface area contributed by atoms with Gasteiger partial charge in [0.05, 0.1) is 12.6 Å². The summed E-state index contributed by atoms with van der Waals surface area (Å²) in [6, 6.07) is 0.369. The Kier molecular flexibility index (Phi) is 4.89. The smallest absolute Gasteiger partial charge is 0.236 e. The largest absolute Gasteiger partial charge is 0.342 e. The maximum atomic E-state index is 11.7. The third-order valence-corrected chi connectivity index (χ3v) is 3.51. The van der Waals surface area contributed by atoms with Gasteiger partial charge >= 0.3 is 0 Å². The monoisotopic (exact) mass is 241 g/mol. The zero-order chi connectivity index (χ0) is 12.1. The molecule has 0 aliphatic rings. The van der Waals surface area contributed by atoms with Gasteiger partial charge in [0, 0.05) is 24.7 Å². The van der Waals surface area contributed by atoms with Crippen molar-refractivity contribution in [1.29, 1.82) is 0 Å².